The number of likely N-dealkylation sites (N-methyl/N-ethyl adjacent to an activating group) is 1. The zero-order valence-electron chi connectivity index (χ0n) is 34.8. The summed E-state index contributed by atoms with van der Waals surface area (Å²) in [6.45, 7) is 13.2. The number of aromatic nitrogens is 1. The first-order chi connectivity index (χ1) is 27.0. The molecule has 0 aliphatic carbocycles. The second-order valence-corrected chi connectivity index (χ2v) is 16.1. The van der Waals surface area contributed by atoms with Crippen molar-refractivity contribution in [1.82, 2.24) is 24.2 Å². The number of carbonyl (C=O) groups is 3. The van der Waals surface area contributed by atoms with Crippen LogP contribution in [0.15, 0.2) is 66.7 Å². The standard InChI is InChI=1S/C47H62N6O3/c1-8-10-22-51(23-11-9-2)46(55)40-30-44(50(7)34(40)4)41-27-36-20-24-52(45(54)29-37-17-14-15-19-43(37)48-21-25-49(5)6)31-39(36)28-42(41)47(56)53-32-38-18-13-12-16-35(38)26-33(53)3/h12-19,27-28,30,33,48H,8-11,20-26,29,31-32H2,1-7H3/t33-/m1/s1. The Kier molecular flexibility index (Phi) is 13.4. The van der Waals surface area contributed by atoms with E-state index in [2.05, 4.69) is 80.0 Å². The zero-order valence-corrected chi connectivity index (χ0v) is 34.8. The quantitative estimate of drug-likeness (QED) is 0.134. The Labute approximate surface area is 334 Å². The number of hydrogen-bond donors (Lipinski definition) is 1. The summed E-state index contributed by atoms with van der Waals surface area (Å²) in [4.78, 5) is 51.1. The highest BCUT2D eigenvalue weighted by molar-refractivity contribution is 6.03. The number of fused-ring (bicyclic) bond motifs is 2. The van der Waals surface area contributed by atoms with Crippen LogP contribution in [0.3, 0.4) is 0 Å². The Morgan fingerprint density at radius 1 is 0.821 bits per heavy atom. The van der Waals surface area contributed by atoms with E-state index in [1.54, 1.807) is 0 Å². The van der Waals surface area contributed by atoms with Crippen LogP contribution >= 0.6 is 0 Å². The number of hydrogen-bond acceptors (Lipinski definition) is 5. The van der Waals surface area contributed by atoms with E-state index in [1.165, 1.54) is 11.1 Å². The molecule has 1 N–H and O–H groups in total. The minimum atomic E-state index is -0.0229. The second-order valence-electron chi connectivity index (χ2n) is 16.1. The number of nitrogens with zero attached hydrogens (tertiary/aromatic N) is 5. The molecular weight excluding hydrogens is 697 g/mol. The summed E-state index contributed by atoms with van der Waals surface area (Å²) in [5, 5.41) is 3.51. The first-order valence-corrected chi connectivity index (χ1v) is 20.7. The molecular formula is C47H62N6O3. The lowest BCUT2D eigenvalue weighted by Crippen LogP contribution is -2.43. The van der Waals surface area contributed by atoms with Gasteiger partial charge in [0.2, 0.25) is 5.91 Å². The molecule has 0 radical (unpaired) electrons. The molecule has 4 aromatic rings. The van der Waals surface area contributed by atoms with E-state index in [-0.39, 0.29) is 23.8 Å². The van der Waals surface area contributed by atoms with Gasteiger partial charge in [-0.3, -0.25) is 14.4 Å². The molecule has 6 rings (SSSR count). The normalized spacial score (nSPS) is 15.1. The van der Waals surface area contributed by atoms with E-state index in [0.717, 1.165) is 97.6 Å². The summed E-state index contributed by atoms with van der Waals surface area (Å²) in [5.74, 6) is 0.111. The molecule has 56 heavy (non-hydrogen) atoms. The predicted molar refractivity (Wildman–Crippen MR) is 227 cm³/mol. The van der Waals surface area contributed by atoms with Crippen LogP contribution in [0.1, 0.15) is 101 Å². The molecule has 0 saturated carbocycles. The van der Waals surface area contributed by atoms with Gasteiger partial charge < -0.3 is 29.5 Å². The Bertz CT molecular complexity index is 2020. The number of anilines is 1. The molecule has 9 nitrogen and oxygen atoms in total. The average molecular weight is 759 g/mol. The van der Waals surface area contributed by atoms with Crippen molar-refractivity contribution < 1.29 is 14.4 Å². The van der Waals surface area contributed by atoms with Crippen LogP contribution < -0.4 is 5.32 Å². The Morgan fingerprint density at radius 3 is 2.23 bits per heavy atom. The molecule has 3 amide bonds. The second kappa shape index (κ2) is 18.4. The fourth-order valence-corrected chi connectivity index (χ4v) is 8.21. The summed E-state index contributed by atoms with van der Waals surface area (Å²) in [6.07, 6.45) is 5.78. The summed E-state index contributed by atoms with van der Waals surface area (Å²) in [7, 11) is 6.11. The number of carbonyl (C=O) groups excluding carboxylic acids is 3. The van der Waals surface area contributed by atoms with Crippen molar-refractivity contribution in [2.24, 2.45) is 7.05 Å². The van der Waals surface area contributed by atoms with Gasteiger partial charge in [0.05, 0.1) is 12.0 Å². The van der Waals surface area contributed by atoms with Gasteiger partial charge in [0.15, 0.2) is 0 Å². The Hall–Kier alpha value is -4.89. The molecule has 0 spiro atoms. The van der Waals surface area contributed by atoms with Crippen molar-refractivity contribution >= 4 is 23.4 Å². The topological polar surface area (TPSA) is 81.1 Å². The molecule has 9 heteroatoms. The fraction of sp³-hybridized carbons (Fsp3) is 0.468. The van der Waals surface area contributed by atoms with Crippen molar-refractivity contribution in [3.63, 3.8) is 0 Å². The van der Waals surface area contributed by atoms with Gasteiger partial charge in [0.1, 0.15) is 0 Å². The number of benzene rings is 3. The Morgan fingerprint density at radius 2 is 1.52 bits per heavy atom. The molecule has 298 valence electrons. The van der Waals surface area contributed by atoms with Crippen molar-refractivity contribution in [2.75, 3.05) is 52.1 Å². The third-order valence-corrected chi connectivity index (χ3v) is 11.8. The third kappa shape index (κ3) is 9.04. The molecule has 1 atom stereocenters. The maximum absolute atomic E-state index is 15.0. The molecule has 0 unspecified atom stereocenters. The number of rotatable bonds is 15. The highest BCUT2D eigenvalue weighted by Gasteiger charge is 2.32. The van der Waals surface area contributed by atoms with Crippen LogP contribution in [-0.2, 0) is 44.2 Å². The average Bonchev–Trinajstić information content (AvgIpc) is 3.49. The lowest BCUT2D eigenvalue weighted by Gasteiger charge is -2.36. The number of nitrogens with one attached hydrogen (secondary N) is 1. The van der Waals surface area contributed by atoms with E-state index in [9.17, 15) is 14.4 Å². The van der Waals surface area contributed by atoms with Crippen molar-refractivity contribution in [3.05, 3.63) is 111 Å². The van der Waals surface area contributed by atoms with Crippen molar-refractivity contribution in [1.29, 1.82) is 0 Å². The van der Waals surface area contributed by atoms with E-state index >= 15 is 0 Å². The van der Waals surface area contributed by atoms with Gasteiger partial charge in [-0.25, -0.2) is 0 Å². The molecule has 3 heterocycles. The maximum atomic E-state index is 15.0. The molecule has 0 saturated heterocycles. The number of unbranched alkanes of at least 4 members (excludes halogenated alkanes) is 2. The van der Waals surface area contributed by atoms with Gasteiger partial charge in [0.25, 0.3) is 11.8 Å². The zero-order chi connectivity index (χ0) is 39.9. The maximum Gasteiger partial charge on any atom is 0.255 e. The van der Waals surface area contributed by atoms with E-state index in [1.807, 2.05) is 65.1 Å². The number of amides is 3. The van der Waals surface area contributed by atoms with Crippen LogP contribution in [0.25, 0.3) is 11.3 Å². The van der Waals surface area contributed by atoms with Crippen molar-refractivity contribution in [3.8, 4) is 11.3 Å². The SMILES string of the molecule is CCCCN(CCCC)C(=O)c1cc(-c2cc3c(cc2C(=O)N2Cc4ccccc4C[C@H]2C)CN(C(=O)Cc2ccccc2NCCN(C)C)CC3)n(C)c1C. The van der Waals surface area contributed by atoms with Crippen LogP contribution in [0, 0.1) is 6.92 Å². The van der Waals surface area contributed by atoms with Gasteiger partial charge in [-0.2, -0.15) is 0 Å². The predicted octanol–water partition coefficient (Wildman–Crippen LogP) is 7.73. The minimum Gasteiger partial charge on any atom is -0.384 e. The summed E-state index contributed by atoms with van der Waals surface area (Å²) >= 11 is 0. The largest absolute Gasteiger partial charge is 0.384 e. The first-order valence-electron chi connectivity index (χ1n) is 20.7. The molecule has 2 aliphatic rings. The lowest BCUT2D eigenvalue weighted by atomic mass is 9.89. The molecule has 0 bridgehead atoms. The van der Waals surface area contributed by atoms with Crippen LogP contribution in [0.5, 0.6) is 0 Å². The summed E-state index contributed by atoms with van der Waals surface area (Å²) in [6, 6.07) is 22.7. The fourth-order valence-electron chi connectivity index (χ4n) is 8.21. The van der Waals surface area contributed by atoms with E-state index in [0.29, 0.717) is 43.6 Å². The van der Waals surface area contributed by atoms with Gasteiger partial charge >= 0.3 is 0 Å². The van der Waals surface area contributed by atoms with Gasteiger partial charge in [-0.1, -0.05) is 69.2 Å². The summed E-state index contributed by atoms with van der Waals surface area (Å²) in [5.41, 5.74) is 10.5. The highest BCUT2D eigenvalue weighted by Crippen LogP contribution is 2.36. The summed E-state index contributed by atoms with van der Waals surface area (Å²) < 4.78 is 2.08. The van der Waals surface area contributed by atoms with Crippen LogP contribution in [0.2, 0.25) is 0 Å². The third-order valence-electron chi connectivity index (χ3n) is 11.8. The van der Waals surface area contributed by atoms with Crippen molar-refractivity contribution in [2.45, 2.75) is 91.8 Å². The Balaban J connectivity index is 1.35. The molecule has 2 aliphatic heterocycles. The monoisotopic (exact) mass is 758 g/mol. The molecule has 0 fully saturated rings. The minimum absolute atomic E-state index is 0.0174. The van der Waals surface area contributed by atoms with Crippen LogP contribution in [0.4, 0.5) is 5.69 Å². The van der Waals surface area contributed by atoms with Gasteiger partial charge in [-0.05, 0) is 106 Å². The van der Waals surface area contributed by atoms with E-state index in [4.69, 9.17) is 0 Å². The van der Waals surface area contributed by atoms with Gasteiger partial charge in [0, 0.05) is 87.1 Å². The first kappa shape index (κ1) is 40.8. The highest BCUT2D eigenvalue weighted by atomic mass is 16.2. The van der Waals surface area contributed by atoms with E-state index < -0.39 is 0 Å². The molecule has 1 aromatic heterocycles. The number of para-hydroxylation sites is 1. The smallest absolute Gasteiger partial charge is 0.255 e. The molecule has 3 aromatic carbocycles. The van der Waals surface area contributed by atoms with Gasteiger partial charge in [-0.15, -0.1) is 0 Å². The van der Waals surface area contributed by atoms with Crippen LogP contribution in [-0.4, -0.2) is 94.7 Å². The lowest BCUT2D eigenvalue weighted by molar-refractivity contribution is -0.131.